The van der Waals surface area contributed by atoms with Crippen molar-refractivity contribution in [2.45, 2.75) is 71.9 Å². The molecule has 0 heterocycles. The van der Waals surface area contributed by atoms with Gasteiger partial charge in [0, 0.05) is 18.6 Å². The second-order valence-corrected chi connectivity index (χ2v) is 4.95. The molecule has 2 atom stereocenters. The molecule has 1 N–H and O–H groups in total. The molecule has 0 radical (unpaired) electrons. The van der Waals surface area contributed by atoms with E-state index in [0.717, 1.165) is 13.1 Å². The summed E-state index contributed by atoms with van der Waals surface area (Å²) in [5.41, 5.74) is 0. The zero-order chi connectivity index (χ0) is 12.4. The molecule has 0 bridgehead atoms. The average Bonchev–Trinajstić information content (AvgIpc) is 2.27. The fourth-order valence-corrected chi connectivity index (χ4v) is 2.21. The summed E-state index contributed by atoms with van der Waals surface area (Å²) in [6.07, 6.45) is 6.41. The fraction of sp³-hybridized carbons (Fsp3) is 1.00. The Kier molecular flexibility index (Phi) is 10.0. The fourth-order valence-electron chi connectivity index (χ4n) is 2.21. The van der Waals surface area contributed by atoms with E-state index < -0.39 is 0 Å². The molecule has 0 aliphatic rings. The molecular weight excluding hydrogens is 196 g/mol. The zero-order valence-corrected chi connectivity index (χ0v) is 12.1. The number of nitrogens with one attached hydrogen (secondary N) is 1. The second-order valence-electron chi connectivity index (χ2n) is 4.95. The lowest BCUT2D eigenvalue weighted by atomic mass is 10.1. The summed E-state index contributed by atoms with van der Waals surface area (Å²) >= 11 is 0. The van der Waals surface area contributed by atoms with Crippen molar-refractivity contribution < 1.29 is 0 Å². The molecule has 98 valence electrons. The molecule has 2 heteroatoms. The molecule has 0 aliphatic heterocycles. The third kappa shape index (κ3) is 6.49. The Bertz CT molecular complexity index is 148. The number of hydrogen-bond acceptors (Lipinski definition) is 2. The second kappa shape index (κ2) is 10.1. The zero-order valence-electron chi connectivity index (χ0n) is 12.1. The van der Waals surface area contributed by atoms with Crippen LogP contribution in [0.5, 0.6) is 0 Å². The smallest absolute Gasteiger partial charge is 0.0220 e. The molecule has 0 fully saturated rings. The van der Waals surface area contributed by atoms with Gasteiger partial charge in [0.15, 0.2) is 0 Å². The SMILES string of the molecule is CCCNCC(CCC)N(C)C(C)CCC. The molecule has 2 unspecified atom stereocenters. The van der Waals surface area contributed by atoms with Gasteiger partial charge in [-0.2, -0.15) is 0 Å². The lowest BCUT2D eigenvalue weighted by molar-refractivity contribution is 0.162. The van der Waals surface area contributed by atoms with Crippen molar-refractivity contribution in [3.8, 4) is 0 Å². The molecule has 0 aromatic carbocycles. The van der Waals surface area contributed by atoms with E-state index in [-0.39, 0.29) is 0 Å². The van der Waals surface area contributed by atoms with Crippen LogP contribution in [0.3, 0.4) is 0 Å². The van der Waals surface area contributed by atoms with E-state index in [0.29, 0.717) is 12.1 Å². The maximum Gasteiger partial charge on any atom is 0.0220 e. The predicted octanol–water partition coefficient (Wildman–Crippen LogP) is 3.28. The van der Waals surface area contributed by atoms with Gasteiger partial charge in [-0.1, -0.05) is 33.6 Å². The van der Waals surface area contributed by atoms with Crippen LogP contribution >= 0.6 is 0 Å². The quantitative estimate of drug-likeness (QED) is 0.577. The van der Waals surface area contributed by atoms with Gasteiger partial charge in [0.1, 0.15) is 0 Å². The molecule has 0 aromatic rings. The Balaban J connectivity index is 4.05. The standard InChI is InChI=1S/C14H32N2/c1-6-9-13(4)16(5)14(10-7-2)12-15-11-8-3/h13-15H,6-12H2,1-5H3. The minimum absolute atomic E-state index is 0.707. The maximum atomic E-state index is 3.56. The van der Waals surface area contributed by atoms with Crippen LogP contribution in [0.4, 0.5) is 0 Å². The highest BCUT2D eigenvalue weighted by Crippen LogP contribution is 2.12. The van der Waals surface area contributed by atoms with Crippen molar-refractivity contribution in [1.29, 1.82) is 0 Å². The molecular formula is C14H32N2. The van der Waals surface area contributed by atoms with Crippen LogP contribution < -0.4 is 5.32 Å². The number of likely N-dealkylation sites (N-methyl/N-ethyl adjacent to an activating group) is 1. The highest BCUT2D eigenvalue weighted by Gasteiger charge is 2.17. The highest BCUT2D eigenvalue weighted by molar-refractivity contribution is 4.75. The Morgan fingerprint density at radius 3 is 2.12 bits per heavy atom. The molecule has 2 nitrogen and oxygen atoms in total. The van der Waals surface area contributed by atoms with Gasteiger partial charge < -0.3 is 5.32 Å². The first-order valence-electron chi connectivity index (χ1n) is 7.09. The van der Waals surface area contributed by atoms with Crippen LogP contribution in [0.1, 0.15) is 59.8 Å². The summed E-state index contributed by atoms with van der Waals surface area (Å²) in [6, 6.07) is 1.42. The van der Waals surface area contributed by atoms with Crippen LogP contribution in [0.2, 0.25) is 0 Å². The van der Waals surface area contributed by atoms with Crippen LogP contribution in [0.25, 0.3) is 0 Å². The Morgan fingerprint density at radius 1 is 1.00 bits per heavy atom. The normalized spacial score (nSPS) is 15.4. The Labute approximate surface area is 103 Å². The first-order chi connectivity index (χ1) is 7.67. The van der Waals surface area contributed by atoms with Gasteiger partial charge >= 0.3 is 0 Å². The summed E-state index contributed by atoms with van der Waals surface area (Å²) in [5, 5.41) is 3.56. The van der Waals surface area contributed by atoms with Gasteiger partial charge in [-0.25, -0.2) is 0 Å². The number of hydrogen-bond donors (Lipinski definition) is 1. The summed E-state index contributed by atoms with van der Waals surface area (Å²) in [5.74, 6) is 0. The van der Waals surface area contributed by atoms with Crippen LogP contribution in [-0.2, 0) is 0 Å². The number of nitrogens with zero attached hydrogens (tertiary/aromatic N) is 1. The first kappa shape index (κ1) is 15.9. The molecule has 0 rings (SSSR count). The van der Waals surface area contributed by atoms with Crippen molar-refractivity contribution in [1.82, 2.24) is 10.2 Å². The Morgan fingerprint density at radius 2 is 1.62 bits per heavy atom. The lowest BCUT2D eigenvalue weighted by Crippen LogP contribution is -2.44. The molecule has 0 amide bonds. The molecule has 0 aromatic heterocycles. The van der Waals surface area contributed by atoms with Crippen LogP contribution in [-0.4, -0.2) is 37.1 Å². The van der Waals surface area contributed by atoms with Gasteiger partial charge in [0.05, 0.1) is 0 Å². The molecule has 0 aliphatic carbocycles. The Hall–Kier alpha value is -0.0800. The average molecular weight is 228 g/mol. The van der Waals surface area contributed by atoms with Crippen molar-refractivity contribution in [2.75, 3.05) is 20.1 Å². The van der Waals surface area contributed by atoms with Gasteiger partial charge in [-0.3, -0.25) is 4.90 Å². The maximum absolute atomic E-state index is 3.56. The summed E-state index contributed by atoms with van der Waals surface area (Å²) in [4.78, 5) is 2.57. The van der Waals surface area contributed by atoms with Crippen molar-refractivity contribution in [2.24, 2.45) is 0 Å². The van der Waals surface area contributed by atoms with Crippen LogP contribution in [0.15, 0.2) is 0 Å². The van der Waals surface area contributed by atoms with E-state index in [1.165, 1.54) is 32.1 Å². The van der Waals surface area contributed by atoms with Crippen LogP contribution in [0, 0.1) is 0 Å². The monoisotopic (exact) mass is 228 g/mol. The van der Waals surface area contributed by atoms with Gasteiger partial charge in [0.25, 0.3) is 0 Å². The largest absolute Gasteiger partial charge is 0.315 e. The summed E-state index contributed by atoms with van der Waals surface area (Å²) in [7, 11) is 2.29. The van der Waals surface area contributed by atoms with E-state index in [9.17, 15) is 0 Å². The first-order valence-corrected chi connectivity index (χ1v) is 7.09. The topological polar surface area (TPSA) is 15.3 Å². The van der Waals surface area contributed by atoms with E-state index in [2.05, 4.69) is 45.0 Å². The van der Waals surface area contributed by atoms with E-state index in [1.54, 1.807) is 0 Å². The third-order valence-corrected chi connectivity index (χ3v) is 3.41. The van der Waals surface area contributed by atoms with Crippen molar-refractivity contribution in [3.05, 3.63) is 0 Å². The minimum atomic E-state index is 0.707. The van der Waals surface area contributed by atoms with Crippen molar-refractivity contribution in [3.63, 3.8) is 0 Å². The van der Waals surface area contributed by atoms with E-state index in [1.807, 2.05) is 0 Å². The molecule has 0 saturated carbocycles. The van der Waals surface area contributed by atoms with Gasteiger partial charge in [-0.05, 0) is 39.8 Å². The molecule has 16 heavy (non-hydrogen) atoms. The van der Waals surface area contributed by atoms with Gasteiger partial charge in [0.2, 0.25) is 0 Å². The predicted molar refractivity (Wildman–Crippen MR) is 74.0 cm³/mol. The third-order valence-electron chi connectivity index (χ3n) is 3.41. The number of rotatable bonds is 10. The summed E-state index contributed by atoms with van der Waals surface area (Å²) < 4.78 is 0. The summed E-state index contributed by atoms with van der Waals surface area (Å²) in [6.45, 7) is 11.4. The highest BCUT2D eigenvalue weighted by atomic mass is 15.2. The van der Waals surface area contributed by atoms with E-state index in [4.69, 9.17) is 0 Å². The minimum Gasteiger partial charge on any atom is -0.315 e. The lowest BCUT2D eigenvalue weighted by Gasteiger charge is -2.33. The molecule has 0 spiro atoms. The molecule has 0 saturated heterocycles. The van der Waals surface area contributed by atoms with E-state index >= 15 is 0 Å². The van der Waals surface area contributed by atoms with Crippen molar-refractivity contribution >= 4 is 0 Å². The van der Waals surface area contributed by atoms with Gasteiger partial charge in [-0.15, -0.1) is 0 Å².